The maximum absolute atomic E-state index is 12.8. The molecule has 0 unspecified atom stereocenters. The molecule has 0 spiro atoms. The second-order valence-electron chi connectivity index (χ2n) is 8.50. The fourth-order valence-corrected chi connectivity index (χ4v) is 5.21. The van der Waals surface area contributed by atoms with Gasteiger partial charge in [-0.25, -0.2) is 8.42 Å². The van der Waals surface area contributed by atoms with Crippen LogP contribution in [0.5, 0.6) is 0 Å². The summed E-state index contributed by atoms with van der Waals surface area (Å²) in [5.41, 5.74) is 2.03. The van der Waals surface area contributed by atoms with E-state index in [0.29, 0.717) is 12.2 Å². The van der Waals surface area contributed by atoms with Crippen molar-refractivity contribution in [2.75, 3.05) is 17.9 Å². The average molecular weight is 443 g/mol. The van der Waals surface area contributed by atoms with Gasteiger partial charge in [-0.15, -0.1) is 0 Å². The van der Waals surface area contributed by atoms with E-state index in [1.165, 1.54) is 0 Å². The Hall–Kier alpha value is -2.38. The fourth-order valence-electron chi connectivity index (χ4n) is 4.15. The van der Waals surface area contributed by atoms with Crippen LogP contribution in [0.1, 0.15) is 50.2 Å². The molecule has 1 aliphatic carbocycles. The second-order valence-corrected chi connectivity index (χ2v) is 10.2. The van der Waals surface area contributed by atoms with Crippen molar-refractivity contribution >= 4 is 21.6 Å². The first kappa shape index (κ1) is 21.8. The van der Waals surface area contributed by atoms with Gasteiger partial charge in [-0.1, -0.05) is 37.6 Å². The van der Waals surface area contributed by atoms with Gasteiger partial charge < -0.3 is 10.1 Å². The molecule has 31 heavy (non-hydrogen) atoms. The van der Waals surface area contributed by atoms with Crippen LogP contribution in [0.25, 0.3) is 0 Å². The van der Waals surface area contributed by atoms with Gasteiger partial charge in [0.25, 0.3) is 10.0 Å². The number of carbonyl (C=O) groups excluding carboxylic acids is 1. The van der Waals surface area contributed by atoms with E-state index in [1.807, 2.05) is 24.3 Å². The molecule has 6 nitrogen and oxygen atoms in total. The molecule has 1 saturated heterocycles. The molecule has 2 N–H and O–H groups in total. The molecule has 7 heteroatoms. The second kappa shape index (κ2) is 9.01. The van der Waals surface area contributed by atoms with E-state index < -0.39 is 15.4 Å². The van der Waals surface area contributed by atoms with Gasteiger partial charge in [-0.05, 0) is 67.5 Å². The lowest BCUT2D eigenvalue weighted by molar-refractivity contribution is -0.124. The average Bonchev–Trinajstić information content (AvgIpc) is 3.41. The summed E-state index contributed by atoms with van der Waals surface area (Å²) in [5.74, 6) is 0.0310. The van der Waals surface area contributed by atoms with E-state index in [0.717, 1.165) is 56.3 Å². The van der Waals surface area contributed by atoms with Crippen LogP contribution < -0.4 is 10.0 Å². The topological polar surface area (TPSA) is 84.5 Å². The zero-order chi connectivity index (χ0) is 21.9. The summed E-state index contributed by atoms with van der Waals surface area (Å²) in [7, 11) is -3.66. The number of anilines is 1. The number of hydrogen-bond donors (Lipinski definition) is 2. The summed E-state index contributed by atoms with van der Waals surface area (Å²) >= 11 is 0. The zero-order valence-corrected chi connectivity index (χ0v) is 18.7. The molecule has 1 atom stereocenters. The van der Waals surface area contributed by atoms with Crippen LogP contribution >= 0.6 is 0 Å². The molecule has 1 aliphatic heterocycles. The fraction of sp³-hybridized carbons (Fsp3) is 0.458. The maximum atomic E-state index is 12.8. The van der Waals surface area contributed by atoms with Crippen molar-refractivity contribution < 1.29 is 17.9 Å². The van der Waals surface area contributed by atoms with Crippen LogP contribution in [0.4, 0.5) is 5.69 Å². The Bertz CT molecular complexity index is 1010. The third-order valence-electron chi connectivity index (χ3n) is 6.16. The number of aryl methyl sites for hydroxylation is 1. The first-order valence-corrected chi connectivity index (χ1v) is 12.5. The van der Waals surface area contributed by atoms with E-state index in [1.54, 1.807) is 24.3 Å². The molecule has 1 amide bonds. The molecule has 2 aromatic carbocycles. The van der Waals surface area contributed by atoms with Crippen LogP contribution in [0.2, 0.25) is 0 Å². The van der Waals surface area contributed by atoms with Gasteiger partial charge in [0.15, 0.2) is 0 Å². The molecule has 2 fully saturated rings. The lowest BCUT2D eigenvalue weighted by Gasteiger charge is -2.18. The lowest BCUT2D eigenvalue weighted by Crippen LogP contribution is -2.39. The maximum Gasteiger partial charge on any atom is 0.261 e. The van der Waals surface area contributed by atoms with E-state index >= 15 is 0 Å². The lowest BCUT2D eigenvalue weighted by atomic mass is 9.94. The van der Waals surface area contributed by atoms with Crippen LogP contribution in [-0.2, 0) is 31.4 Å². The predicted molar refractivity (Wildman–Crippen MR) is 121 cm³/mol. The molecular weight excluding hydrogens is 412 g/mol. The summed E-state index contributed by atoms with van der Waals surface area (Å²) in [6.45, 7) is 3.41. The van der Waals surface area contributed by atoms with Crippen LogP contribution in [0.15, 0.2) is 53.4 Å². The summed E-state index contributed by atoms with van der Waals surface area (Å²) < 4.78 is 33.6. The minimum absolute atomic E-state index is 0.0310. The van der Waals surface area contributed by atoms with E-state index in [9.17, 15) is 13.2 Å². The zero-order valence-electron chi connectivity index (χ0n) is 17.9. The molecule has 2 aliphatic rings. The molecule has 2 aromatic rings. The van der Waals surface area contributed by atoms with Crippen molar-refractivity contribution in [2.45, 2.75) is 61.9 Å². The van der Waals surface area contributed by atoms with Crippen molar-refractivity contribution in [3.05, 3.63) is 59.7 Å². The van der Waals surface area contributed by atoms with Gasteiger partial charge >= 0.3 is 0 Å². The van der Waals surface area contributed by atoms with Crippen LogP contribution in [0, 0.1) is 0 Å². The Morgan fingerprint density at radius 2 is 1.81 bits per heavy atom. The van der Waals surface area contributed by atoms with E-state index in [4.69, 9.17) is 4.74 Å². The SMILES string of the molecule is CCCc1ccc(S(=O)(=O)Nc2ccc(C3(C(=O)NC[C@H]4CCCO4)CC3)cc2)cc1. The Labute approximate surface area is 184 Å². The Kier molecular flexibility index (Phi) is 6.34. The molecule has 0 radical (unpaired) electrons. The third kappa shape index (κ3) is 4.93. The Morgan fingerprint density at radius 1 is 1.10 bits per heavy atom. The number of sulfonamides is 1. The van der Waals surface area contributed by atoms with E-state index in [-0.39, 0.29) is 16.9 Å². The Balaban J connectivity index is 1.40. The van der Waals surface area contributed by atoms with Gasteiger partial charge in [0.2, 0.25) is 5.91 Å². The van der Waals surface area contributed by atoms with Crippen molar-refractivity contribution in [3.63, 3.8) is 0 Å². The smallest absolute Gasteiger partial charge is 0.261 e. The van der Waals surface area contributed by atoms with Crippen molar-refractivity contribution in [1.29, 1.82) is 0 Å². The van der Waals surface area contributed by atoms with Crippen LogP contribution in [-0.4, -0.2) is 33.6 Å². The van der Waals surface area contributed by atoms with Crippen LogP contribution in [0.3, 0.4) is 0 Å². The third-order valence-corrected chi connectivity index (χ3v) is 7.56. The van der Waals surface area contributed by atoms with Gasteiger partial charge in [0, 0.05) is 18.8 Å². The molecule has 1 saturated carbocycles. The quantitative estimate of drug-likeness (QED) is 0.619. The summed E-state index contributed by atoms with van der Waals surface area (Å²) in [5, 5.41) is 3.04. The minimum Gasteiger partial charge on any atom is -0.376 e. The highest BCUT2D eigenvalue weighted by molar-refractivity contribution is 7.92. The number of nitrogens with one attached hydrogen (secondary N) is 2. The van der Waals surface area contributed by atoms with Crippen molar-refractivity contribution in [3.8, 4) is 0 Å². The summed E-state index contributed by atoms with van der Waals surface area (Å²) in [4.78, 5) is 13.0. The van der Waals surface area contributed by atoms with Gasteiger partial charge in [0.05, 0.1) is 16.4 Å². The number of amides is 1. The normalized spacial score (nSPS) is 19.7. The molecule has 0 bridgehead atoms. The van der Waals surface area contributed by atoms with Gasteiger partial charge in [0.1, 0.15) is 0 Å². The molecular formula is C24H30N2O4S. The number of ether oxygens (including phenoxy) is 1. The first-order valence-electron chi connectivity index (χ1n) is 11.1. The largest absolute Gasteiger partial charge is 0.376 e. The van der Waals surface area contributed by atoms with Gasteiger partial charge in [-0.3, -0.25) is 9.52 Å². The number of carbonyl (C=O) groups is 1. The molecule has 1 heterocycles. The van der Waals surface area contributed by atoms with Crippen molar-refractivity contribution in [2.24, 2.45) is 0 Å². The minimum atomic E-state index is -3.66. The van der Waals surface area contributed by atoms with Gasteiger partial charge in [-0.2, -0.15) is 0 Å². The highest BCUT2D eigenvalue weighted by Crippen LogP contribution is 2.48. The predicted octanol–water partition coefficient (Wildman–Crippen LogP) is 3.77. The number of hydrogen-bond acceptors (Lipinski definition) is 4. The highest BCUT2D eigenvalue weighted by Gasteiger charge is 2.51. The molecule has 166 valence electrons. The monoisotopic (exact) mass is 442 g/mol. The summed E-state index contributed by atoms with van der Waals surface area (Å²) in [6.07, 6.45) is 5.71. The number of rotatable bonds is 9. The summed E-state index contributed by atoms with van der Waals surface area (Å²) in [6, 6.07) is 14.1. The molecule has 0 aromatic heterocycles. The first-order chi connectivity index (χ1) is 14.9. The number of benzene rings is 2. The Morgan fingerprint density at radius 3 is 2.39 bits per heavy atom. The molecule has 4 rings (SSSR count). The standard InChI is InChI=1S/C24H30N2O4S/c1-2-4-18-6-12-22(13-7-18)31(28,29)26-20-10-8-19(9-11-20)24(14-15-24)23(27)25-17-21-5-3-16-30-21/h6-13,21,26H,2-5,14-17H2,1H3,(H,25,27)/t21-/m1/s1. The van der Waals surface area contributed by atoms with E-state index in [2.05, 4.69) is 17.0 Å². The highest BCUT2D eigenvalue weighted by atomic mass is 32.2. The van der Waals surface area contributed by atoms with Crippen molar-refractivity contribution in [1.82, 2.24) is 5.32 Å².